The number of carboxylic acid groups (broad SMARTS) is 1. The van der Waals surface area contributed by atoms with Gasteiger partial charge in [-0.25, -0.2) is 8.42 Å². The zero-order chi connectivity index (χ0) is 18.7. The van der Waals surface area contributed by atoms with Gasteiger partial charge in [0.2, 0.25) is 15.9 Å². The lowest BCUT2D eigenvalue weighted by Gasteiger charge is -2.37. The van der Waals surface area contributed by atoms with Crippen LogP contribution in [-0.4, -0.2) is 60.8 Å². The minimum Gasteiger partial charge on any atom is -0.481 e. The maximum atomic E-state index is 12.8. The van der Waals surface area contributed by atoms with Gasteiger partial charge < -0.3 is 10.0 Å². The number of hydrogen-bond donors (Lipinski definition) is 1. The molecule has 26 heavy (non-hydrogen) atoms. The predicted molar refractivity (Wildman–Crippen MR) is 94.9 cm³/mol. The van der Waals surface area contributed by atoms with E-state index in [1.807, 2.05) is 0 Å². The fourth-order valence-corrected chi connectivity index (χ4v) is 5.29. The molecule has 0 aromatic heterocycles. The van der Waals surface area contributed by atoms with E-state index in [9.17, 15) is 23.1 Å². The summed E-state index contributed by atoms with van der Waals surface area (Å²) >= 11 is 0. The number of aliphatic carboxylic acids is 1. The second kappa shape index (κ2) is 7.75. The average molecular weight is 380 g/mol. The first-order valence-corrected chi connectivity index (χ1v) is 10.4. The largest absolute Gasteiger partial charge is 0.481 e. The van der Waals surface area contributed by atoms with Crippen molar-refractivity contribution in [3.63, 3.8) is 0 Å². The van der Waals surface area contributed by atoms with Crippen molar-refractivity contribution < 1.29 is 23.1 Å². The SMILES string of the molecule is O=C(O)[C@H]1CCCN(C(=O)C2CCCN(S(=O)(=O)c3ccccc3)C2)C1. The van der Waals surface area contributed by atoms with Gasteiger partial charge in [-0.05, 0) is 37.8 Å². The zero-order valence-electron chi connectivity index (χ0n) is 14.6. The van der Waals surface area contributed by atoms with E-state index in [0.717, 1.165) is 0 Å². The maximum absolute atomic E-state index is 12.8. The number of amides is 1. The quantitative estimate of drug-likeness (QED) is 0.852. The number of benzene rings is 1. The molecule has 1 aromatic carbocycles. The highest BCUT2D eigenvalue weighted by molar-refractivity contribution is 7.89. The molecule has 2 heterocycles. The highest BCUT2D eigenvalue weighted by Crippen LogP contribution is 2.26. The van der Waals surface area contributed by atoms with Crippen LogP contribution in [-0.2, 0) is 19.6 Å². The molecule has 0 spiro atoms. The van der Waals surface area contributed by atoms with Crippen molar-refractivity contribution in [1.29, 1.82) is 0 Å². The fraction of sp³-hybridized carbons (Fsp3) is 0.556. The summed E-state index contributed by atoms with van der Waals surface area (Å²) in [5, 5.41) is 9.20. The molecule has 1 amide bonds. The molecular formula is C18H24N2O5S. The van der Waals surface area contributed by atoms with Gasteiger partial charge in [-0.15, -0.1) is 0 Å². The van der Waals surface area contributed by atoms with Gasteiger partial charge in [0.25, 0.3) is 0 Å². The Morgan fingerprint density at radius 2 is 1.62 bits per heavy atom. The van der Waals surface area contributed by atoms with Gasteiger partial charge in [-0.1, -0.05) is 18.2 Å². The molecule has 0 aliphatic carbocycles. The molecule has 2 aliphatic rings. The molecule has 2 saturated heterocycles. The highest BCUT2D eigenvalue weighted by Gasteiger charge is 2.37. The summed E-state index contributed by atoms with van der Waals surface area (Å²) in [5.74, 6) is -1.93. The Bertz CT molecular complexity index is 765. The van der Waals surface area contributed by atoms with Crippen molar-refractivity contribution in [2.45, 2.75) is 30.6 Å². The number of carbonyl (C=O) groups is 2. The summed E-state index contributed by atoms with van der Waals surface area (Å²) in [7, 11) is -3.61. The molecule has 1 unspecified atom stereocenters. The van der Waals surface area contributed by atoms with E-state index in [1.54, 1.807) is 35.2 Å². The van der Waals surface area contributed by atoms with Crippen molar-refractivity contribution >= 4 is 21.9 Å². The number of carboxylic acids is 1. The first kappa shape index (κ1) is 18.8. The van der Waals surface area contributed by atoms with Crippen molar-refractivity contribution in [1.82, 2.24) is 9.21 Å². The Hall–Kier alpha value is -1.93. The standard InChI is InChI=1S/C18H24N2O5S/c21-17(19-10-4-7-15(12-19)18(22)23)14-6-5-11-20(13-14)26(24,25)16-8-2-1-3-9-16/h1-3,8-9,14-15H,4-7,10-13H2,(H,22,23)/t14?,15-/m0/s1. The van der Waals surface area contributed by atoms with Crippen LogP contribution in [0.2, 0.25) is 0 Å². The molecule has 2 atom stereocenters. The third-order valence-electron chi connectivity index (χ3n) is 5.20. The average Bonchev–Trinajstić information content (AvgIpc) is 2.68. The van der Waals surface area contributed by atoms with E-state index in [2.05, 4.69) is 0 Å². The van der Waals surface area contributed by atoms with E-state index in [4.69, 9.17) is 0 Å². The van der Waals surface area contributed by atoms with Crippen LogP contribution in [0.1, 0.15) is 25.7 Å². The molecule has 2 aliphatic heterocycles. The Labute approximate surface area is 153 Å². The summed E-state index contributed by atoms with van der Waals surface area (Å²) < 4.78 is 27.0. The maximum Gasteiger partial charge on any atom is 0.308 e. The van der Waals surface area contributed by atoms with Crippen molar-refractivity contribution in [2.75, 3.05) is 26.2 Å². The van der Waals surface area contributed by atoms with E-state index in [0.29, 0.717) is 38.8 Å². The van der Waals surface area contributed by atoms with Crippen LogP contribution >= 0.6 is 0 Å². The number of sulfonamides is 1. The van der Waals surface area contributed by atoms with Gasteiger partial charge in [0, 0.05) is 26.2 Å². The van der Waals surface area contributed by atoms with E-state index < -0.39 is 27.8 Å². The number of carbonyl (C=O) groups excluding carboxylic acids is 1. The first-order valence-electron chi connectivity index (χ1n) is 8.96. The molecule has 1 N–H and O–H groups in total. The normalized spacial score (nSPS) is 25.0. The Morgan fingerprint density at radius 1 is 0.962 bits per heavy atom. The molecule has 3 rings (SSSR count). The lowest BCUT2D eigenvalue weighted by atomic mass is 9.94. The van der Waals surface area contributed by atoms with Crippen LogP contribution in [0.4, 0.5) is 0 Å². The molecule has 0 saturated carbocycles. The predicted octanol–water partition coefficient (Wildman–Crippen LogP) is 1.41. The van der Waals surface area contributed by atoms with Gasteiger partial charge in [0.15, 0.2) is 0 Å². The van der Waals surface area contributed by atoms with Crippen molar-refractivity contribution in [2.24, 2.45) is 11.8 Å². The summed E-state index contributed by atoms with van der Waals surface area (Å²) in [6, 6.07) is 8.24. The molecule has 8 heteroatoms. The number of likely N-dealkylation sites (tertiary alicyclic amines) is 1. The lowest BCUT2D eigenvalue weighted by Crippen LogP contribution is -2.49. The van der Waals surface area contributed by atoms with Crippen LogP contribution in [0, 0.1) is 11.8 Å². The number of piperidine rings is 2. The van der Waals surface area contributed by atoms with Crippen molar-refractivity contribution in [3.8, 4) is 0 Å². The molecular weight excluding hydrogens is 356 g/mol. The monoisotopic (exact) mass is 380 g/mol. The first-order chi connectivity index (χ1) is 12.4. The summed E-state index contributed by atoms with van der Waals surface area (Å²) in [5.41, 5.74) is 0. The smallest absolute Gasteiger partial charge is 0.308 e. The van der Waals surface area contributed by atoms with E-state index in [-0.39, 0.29) is 23.9 Å². The third-order valence-corrected chi connectivity index (χ3v) is 7.08. The number of nitrogens with zero attached hydrogens (tertiary/aromatic N) is 2. The second-order valence-corrected chi connectivity index (χ2v) is 8.91. The van der Waals surface area contributed by atoms with Gasteiger partial charge in [-0.2, -0.15) is 4.31 Å². The van der Waals surface area contributed by atoms with Crippen LogP contribution in [0.15, 0.2) is 35.2 Å². The minimum absolute atomic E-state index is 0.121. The summed E-state index contributed by atoms with van der Waals surface area (Å²) in [4.78, 5) is 25.9. The second-order valence-electron chi connectivity index (χ2n) is 6.98. The molecule has 142 valence electrons. The van der Waals surface area contributed by atoms with Gasteiger partial charge in [0.05, 0.1) is 16.7 Å². The minimum atomic E-state index is -3.61. The third kappa shape index (κ3) is 3.91. The Kier molecular flexibility index (Phi) is 5.62. The van der Waals surface area contributed by atoms with Crippen molar-refractivity contribution in [3.05, 3.63) is 30.3 Å². The van der Waals surface area contributed by atoms with E-state index >= 15 is 0 Å². The van der Waals surface area contributed by atoms with Gasteiger partial charge >= 0.3 is 5.97 Å². The summed E-state index contributed by atoms with van der Waals surface area (Å²) in [6.45, 7) is 1.32. The molecule has 0 radical (unpaired) electrons. The topological polar surface area (TPSA) is 95.0 Å². The van der Waals surface area contributed by atoms with Crippen LogP contribution in [0.3, 0.4) is 0 Å². The molecule has 1 aromatic rings. The number of rotatable bonds is 4. The van der Waals surface area contributed by atoms with E-state index in [1.165, 1.54) is 4.31 Å². The summed E-state index contributed by atoms with van der Waals surface area (Å²) in [6.07, 6.45) is 2.51. The van der Waals surface area contributed by atoms with Gasteiger partial charge in [0.1, 0.15) is 0 Å². The lowest BCUT2D eigenvalue weighted by molar-refractivity contribution is -0.147. The van der Waals surface area contributed by atoms with Crippen LogP contribution in [0.5, 0.6) is 0 Å². The highest BCUT2D eigenvalue weighted by atomic mass is 32.2. The molecule has 2 fully saturated rings. The van der Waals surface area contributed by atoms with Crippen LogP contribution in [0.25, 0.3) is 0 Å². The fourth-order valence-electron chi connectivity index (χ4n) is 3.74. The zero-order valence-corrected chi connectivity index (χ0v) is 15.4. The van der Waals surface area contributed by atoms with Gasteiger partial charge in [-0.3, -0.25) is 9.59 Å². The molecule has 7 nitrogen and oxygen atoms in total. The molecule has 0 bridgehead atoms. The van der Waals surface area contributed by atoms with Crippen LogP contribution < -0.4 is 0 Å². The number of hydrogen-bond acceptors (Lipinski definition) is 4. The Balaban J connectivity index is 1.70. The Morgan fingerprint density at radius 3 is 2.31 bits per heavy atom.